The largest absolute Gasteiger partial charge is 0.495 e. The maximum atomic E-state index is 12.5. The minimum absolute atomic E-state index is 0.0394. The molecular weight excluding hydrogens is 568 g/mol. The van der Waals surface area contributed by atoms with Crippen LogP contribution in [0.15, 0.2) is 97.1 Å². The summed E-state index contributed by atoms with van der Waals surface area (Å²) in [6, 6.07) is 22.1. The number of carbonyl (C=O) groups excluding carboxylic acids is 2. The lowest BCUT2D eigenvalue weighted by molar-refractivity contribution is -0.385. The highest BCUT2D eigenvalue weighted by Crippen LogP contribution is 2.35. The average Bonchev–Trinajstić information content (AvgIpc) is 3.03. The fourth-order valence-electron chi connectivity index (χ4n) is 4.06. The summed E-state index contributed by atoms with van der Waals surface area (Å²) in [4.78, 5) is 45.6. The van der Waals surface area contributed by atoms with E-state index in [1.165, 1.54) is 62.8 Å². The molecule has 2 amide bonds. The highest BCUT2D eigenvalue weighted by atomic mass is 16.6. The van der Waals surface area contributed by atoms with Gasteiger partial charge >= 0.3 is 0 Å². The Morgan fingerprint density at radius 3 is 1.30 bits per heavy atom. The van der Waals surface area contributed by atoms with E-state index in [0.29, 0.717) is 34.0 Å². The summed E-state index contributed by atoms with van der Waals surface area (Å²) in [5.41, 5.74) is 3.57. The molecule has 0 atom stereocenters. The van der Waals surface area contributed by atoms with Crippen molar-refractivity contribution in [3.63, 3.8) is 0 Å². The Balaban J connectivity index is 1.43. The summed E-state index contributed by atoms with van der Waals surface area (Å²) in [6.45, 7) is 0. The summed E-state index contributed by atoms with van der Waals surface area (Å²) in [5, 5.41) is 27.1. The van der Waals surface area contributed by atoms with E-state index in [1.54, 1.807) is 60.7 Å². The Labute approximate surface area is 251 Å². The molecule has 0 saturated heterocycles. The third-order valence-corrected chi connectivity index (χ3v) is 6.31. The molecule has 0 aromatic heterocycles. The Bertz CT molecular complexity index is 1630. The molecule has 0 heterocycles. The summed E-state index contributed by atoms with van der Waals surface area (Å²) in [6.07, 6.45) is 5.71. The van der Waals surface area contributed by atoms with Gasteiger partial charge in [-0.25, -0.2) is 0 Å². The second-order valence-corrected chi connectivity index (χ2v) is 9.17. The van der Waals surface area contributed by atoms with Gasteiger partial charge in [-0.05, 0) is 82.9 Å². The number of methoxy groups -OCH3 is 2. The third-order valence-electron chi connectivity index (χ3n) is 6.31. The molecule has 0 unspecified atom stereocenters. The normalized spacial score (nSPS) is 10.9. The number of rotatable bonds is 11. The van der Waals surface area contributed by atoms with Crippen LogP contribution >= 0.6 is 0 Å². The van der Waals surface area contributed by atoms with Crippen LogP contribution in [0, 0.1) is 20.2 Å². The quantitative estimate of drug-likeness (QED) is 0.113. The highest BCUT2D eigenvalue weighted by Gasteiger charge is 2.12. The monoisotopic (exact) mass is 594 g/mol. The van der Waals surface area contributed by atoms with Crippen molar-refractivity contribution in [3.05, 3.63) is 128 Å². The van der Waals surface area contributed by atoms with Crippen LogP contribution in [0.4, 0.5) is 22.7 Å². The van der Waals surface area contributed by atoms with Crippen LogP contribution in [0.5, 0.6) is 11.5 Å². The SMILES string of the molecule is COc1cc(-c2ccc(NC(=O)/C=C/c3ccc([N+](=O)[O-])cc3)c(OC)c2)ccc1NC(=O)/C=C/c1ccc([N+](=O)[O-])cc1. The van der Waals surface area contributed by atoms with Gasteiger partial charge in [-0.2, -0.15) is 0 Å². The van der Waals surface area contributed by atoms with E-state index in [-0.39, 0.29) is 11.4 Å². The lowest BCUT2D eigenvalue weighted by Gasteiger charge is -2.14. The fraction of sp³-hybridized carbons (Fsp3) is 0.0625. The molecule has 4 aromatic carbocycles. The van der Waals surface area contributed by atoms with Gasteiger partial charge in [-0.3, -0.25) is 29.8 Å². The first-order valence-electron chi connectivity index (χ1n) is 13.0. The Kier molecular flexibility index (Phi) is 9.79. The first-order chi connectivity index (χ1) is 21.2. The molecule has 0 aliphatic rings. The lowest BCUT2D eigenvalue weighted by atomic mass is 10.0. The summed E-state index contributed by atoms with van der Waals surface area (Å²) in [5.74, 6) is -0.0165. The Morgan fingerprint density at radius 2 is 0.977 bits per heavy atom. The molecular formula is C32H26N4O8. The molecule has 12 nitrogen and oxygen atoms in total. The van der Waals surface area contributed by atoms with E-state index in [9.17, 15) is 29.8 Å². The number of hydrogen-bond donors (Lipinski definition) is 2. The van der Waals surface area contributed by atoms with Crippen molar-refractivity contribution in [2.75, 3.05) is 24.9 Å². The predicted octanol–water partition coefficient (Wildman–Crippen LogP) is 6.49. The number of nitro benzene ring substituents is 2. The molecule has 0 radical (unpaired) electrons. The second-order valence-electron chi connectivity index (χ2n) is 9.17. The molecule has 0 bridgehead atoms. The summed E-state index contributed by atoms with van der Waals surface area (Å²) in [7, 11) is 2.95. The molecule has 0 spiro atoms. The van der Waals surface area contributed by atoms with E-state index in [1.807, 2.05) is 0 Å². The van der Waals surface area contributed by atoms with Crippen molar-refractivity contribution < 1.29 is 28.9 Å². The molecule has 0 saturated carbocycles. The van der Waals surface area contributed by atoms with E-state index < -0.39 is 21.7 Å². The molecule has 0 fully saturated rings. The van der Waals surface area contributed by atoms with E-state index in [2.05, 4.69) is 10.6 Å². The highest BCUT2D eigenvalue weighted by molar-refractivity contribution is 6.04. The molecule has 4 aromatic rings. The number of hydrogen-bond acceptors (Lipinski definition) is 8. The van der Waals surface area contributed by atoms with Gasteiger partial charge in [0.2, 0.25) is 11.8 Å². The van der Waals surface area contributed by atoms with Crippen LogP contribution in [0.25, 0.3) is 23.3 Å². The van der Waals surface area contributed by atoms with Crippen molar-refractivity contribution in [2.45, 2.75) is 0 Å². The number of carbonyl (C=O) groups is 2. The zero-order valence-electron chi connectivity index (χ0n) is 23.6. The molecule has 222 valence electrons. The zero-order chi connectivity index (χ0) is 31.6. The van der Waals surface area contributed by atoms with Crippen LogP contribution in [0.1, 0.15) is 11.1 Å². The first-order valence-corrected chi connectivity index (χ1v) is 13.0. The van der Waals surface area contributed by atoms with Gasteiger partial charge in [0.05, 0.1) is 35.4 Å². The first kappa shape index (κ1) is 30.7. The molecule has 4 rings (SSSR count). The minimum atomic E-state index is -0.495. The van der Waals surface area contributed by atoms with Gasteiger partial charge in [0.25, 0.3) is 11.4 Å². The minimum Gasteiger partial charge on any atom is -0.495 e. The van der Waals surface area contributed by atoms with Gasteiger partial charge in [0, 0.05) is 36.4 Å². The van der Waals surface area contributed by atoms with E-state index >= 15 is 0 Å². The Morgan fingerprint density at radius 1 is 0.614 bits per heavy atom. The lowest BCUT2D eigenvalue weighted by Crippen LogP contribution is -2.09. The zero-order valence-corrected chi connectivity index (χ0v) is 23.6. The molecule has 0 aliphatic carbocycles. The van der Waals surface area contributed by atoms with Crippen LogP contribution < -0.4 is 20.1 Å². The van der Waals surface area contributed by atoms with E-state index in [4.69, 9.17) is 9.47 Å². The van der Waals surface area contributed by atoms with Crippen LogP contribution in [0.2, 0.25) is 0 Å². The average molecular weight is 595 g/mol. The van der Waals surface area contributed by atoms with Crippen molar-refractivity contribution in [1.29, 1.82) is 0 Å². The third kappa shape index (κ3) is 7.91. The smallest absolute Gasteiger partial charge is 0.269 e. The van der Waals surface area contributed by atoms with Gasteiger partial charge in [0.15, 0.2) is 0 Å². The molecule has 12 heteroatoms. The number of benzene rings is 4. The van der Waals surface area contributed by atoms with E-state index in [0.717, 1.165) is 11.1 Å². The maximum absolute atomic E-state index is 12.5. The van der Waals surface area contributed by atoms with Crippen LogP contribution in [-0.4, -0.2) is 35.9 Å². The Hall–Kier alpha value is -6.30. The number of anilines is 2. The number of non-ortho nitro benzene ring substituents is 2. The van der Waals surface area contributed by atoms with Crippen LogP contribution in [-0.2, 0) is 9.59 Å². The van der Waals surface area contributed by atoms with Gasteiger partial charge in [-0.1, -0.05) is 12.1 Å². The molecule has 44 heavy (non-hydrogen) atoms. The fourth-order valence-corrected chi connectivity index (χ4v) is 4.06. The van der Waals surface area contributed by atoms with Gasteiger partial charge < -0.3 is 20.1 Å². The molecule has 0 aliphatic heterocycles. The number of nitrogens with one attached hydrogen (secondary N) is 2. The van der Waals surface area contributed by atoms with Crippen molar-refractivity contribution >= 4 is 46.7 Å². The predicted molar refractivity (Wildman–Crippen MR) is 167 cm³/mol. The van der Waals surface area contributed by atoms with Gasteiger partial charge in [-0.15, -0.1) is 0 Å². The van der Waals surface area contributed by atoms with Crippen LogP contribution in [0.3, 0.4) is 0 Å². The second kappa shape index (κ2) is 14.0. The van der Waals surface area contributed by atoms with Crippen molar-refractivity contribution in [2.24, 2.45) is 0 Å². The number of nitrogens with zero attached hydrogens (tertiary/aromatic N) is 2. The maximum Gasteiger partial charge on any atom is 0.269 e. The topological polar surface area (TPSA) is 163 Å². The summed E-state index contributed by atoms with van der Waals surface area (Å²) < 4.78 is 11.0. The number of amides is 2. The standard InChI is InChI=1S/C32H26N4O8/c1-43-29-19-23(9-15-27(29)33-31(37)17-7-21-3-11-25(12-4-21)35(39)40)24-10-16-28(30(20-24)44-2)34-32(38)18-8-22-5-13-26(14-6-22)36(41)42/h3-20H,1-2H3,(H,33,37)(H,34,38)/b17-7+,18-8+. The van der Waals surface area contributed by atoms with Gasteiger partial charge in [0.1, 0.15) is 11.5 Å². The number of nitro groups is 2. The summed E-state index contributed by atoms with van der Waals surface area (Å²) >= 11 is 0. The number of ether oxygens (including phenoxy) is 2. The van der Waals surface area contributed by atoms with Crippen molar-refractivity contribution in [1.82, 2.24) is 0 Å². The van der Waals surface area contributed by atoms with Crippen molar-refractivity contribution in [3.8, 4) is 22.6 Å². The molecule has 2 N–H and O–H groups in total.